The van der Waals surface area contributed by atoms with Gasteiger partial charge in [0.2, 0.25) is 5.91 Å². The lowest BCUT2D eigenvalue weighted by Crippen LogP contribution is -2.06. The number of hydrogen-bond donors (Lipinski definition) is 1. The van der Waals surface area contributed by atoms with E-state index in [0.717, 1.165) is 16.8 Å². The van der Waals surface area contributed by atoms with E-state index in [9.17, 15) is 4.79 Å². The van der Waals surface area contributed by atoms with Gasteiger partial charge >= 0.3 is 0 Å². The summed E-state index contributed by atoms with van der Waals surface area (Å²) >= 11 is 0. The topological polar surface area (TPSA) is 29.1 Å². The number of anilines is 1. The molecule has 2 rings (SSSR count). The van der Waals surface area contributed by atoms with Crippen LogP contribution in [0.2, 0.25) is 0 Å². The quantitative estimate of drug-likeness (QED) is 0.808. The first kappa shape index (κ1) is 12.1. The number of nitrogens with one attached hydrogen (secondary N) is 1. The first-order valence-corrected chi connectivity index (χ1v) is 5.85. The van der Waals surface area contributed by atoms with Crippen LogP contribution in [0, 0.1) is 0 Å². The number of para-hydroxylation sites is 1. The Hall–Kier alpha value is -2.35. The summed E-state index contributed by atoms with van der Waals surface area (Å²) in [5.41, 5.74) is 2.96. The van der Waals surface area contributed by atoms with E-state index in [-0.39, 0.29) is 5.91 Å². The highest BCUT2D eigenvalue weighted by atomic mass is 16.1. The molecule has 0 aromatic heterocycles. The third kappa shape index (κ3) is 3.32. The van der Waals surface area contributed by atoms with Crippen molar-refractivity contribution in [3.63, 3.8) is 0 Å². The Morgan fingerprint density at radius 2 is 1.61 bits per heavy atom. The molecule has 0 saturated heterocycles. The fourth-order valence-corrected chi connectivity index (χ4v) is 1.70. The van der Waals surface area contributed by atoms with Crippen LogP contribution in [0.25, 0.3) is 12.2 Å². The van der Waals surface area contributed by atoms with E-state index in [1.54, 1.807) is 0 Å². The highest BCUT2D eigenvalue weighted by Crippen LogP contribution is 2.18. The molecule has 1 amide bonds. The molecule has 0 bridgehead atoms. The molecule has 0 unspecified atom stereocenters. The maximum atomic E-state index is 11.1. The monoisotopic (exact) mass is 237 g/mol. The maximum Gasteiger partial charge on any atom is 0.221 e. The standard InChI is InChI=1S/C16H15NO/c1-13(18)17-16-10-6-5-9-15(16)12-11-14-7-3-2-4-8-14/h2-12H,1H3,(H,17,18)/b12-11-. The van der Waals surface area contributed by atoms with E-state index in [2.05, 4.69) is 5.32 Å². The van der Waals surface area contributed by atoms with Gasteiger partial charge in [-0.25, -0.2) is 0 Å². The van der Waals surface area contributed by atoms with Crippen molar-refractivity contribution in [2.45, 2.75) is 6.92 Å². The summed E-state index contributed by atoms with van der Waals surface area (Å²) in [6, 6.07) is 17.8. The smallest absolute Gasteiger partial charge is 0.221 e. The number of carbonyl (C=O) groups excluding carboxylic acids is 1. The highest BCUT2D eigenvalue weighted by Gasteiger charge is 1.99. The van der Waals surface area contributed by atoms with E-state index >= 15 is 0 Å². The molecule has 0 spiro atoms. The van der Waals surface area contributed by atoms with Crippen molar-refractivity contribution in [2.24, 2.45) is 0 Å². The Kier molecular flexibility index (Phi) is 3.92. The molecule has 0 aliphatic heterocycles. The molecule has 0 fully saturated rings. The lowest BCUT2D eigenvalue weighted by atomic mass is 10.1. The van der Waals surface area contributed by atoms with Crippen LogP contribution in [0.4, 0.5) is 5.69 Å². The minimum absolute atomic E-state index is 0.0597. The Bertz CT molecular complexity index is 558. The summed E-state index contributed by atoms with van der Waals surface area (Å²) in [6.45, 7) is 1.51. The molecule has 2 aromatic rings. The van der Waals surface area contributed by atoms with Crippen LogP contribution in [-0.2, 0) is 4.79 Å². The molecule has 1 N–H and O–H groups in total. The summed E-state index contributed by atoms with van der Waals surface area (Å²) in [5, 5.41) is 2.82. The summed E-state index contributed by atoms with van der Waals surface area (Å²) in [4.78, 5) is 11.1. The first-order chi connectivity index (χ1) is 8.75. The van der Waals surface area contributed by atoms with Gasteiger partial charge in [0.1, 0.15) is 0 Å². The molecular weight excluding hydrogens is 222 g/mol. The van der Waals surface area contributed by atoms with E-state index in [1.807, 2.05) is 66.7 Å². The average Bonchev–Trinajstić information content (AvgIpc) is 2.38. The predicted molar refractivity (Wildman–Crippen MR) is 76.1 cm³/mol. The van der Waals surface area contributed by atoms with Gasteiger partial charge < -0.3 is 5.32 Å². The zero-order valence-electron chi connectivity index (χ0n) is 10.3. The van der Waals surface area contributed by atoms with Crippen molar-refractivity contribution in [1.29, 1.82) is 0 Å². The lowest BCUT2D eigenvalue weighted by Gasteiger charge is -2.05. The average molecular weight is 237 g/mol. The molecule has 0 aliphatic rings. The van der Waals surface area contributed by atoms with Gasteiger partial charge in [-0.1, -0.05) is 60.7 Å². The van der Waals surface area contributed by atoms with Crippen LogP contribution in [-0.4, -0.2) is 5.91 Å². The molecule has 2 heteroatoms. The van der Waals surface area contributed by atoms with Gasteiger partial charge in [-0.2, -0.15) is 0 Å². The lowest BCUT2D eigenvalue weighted by molar-refractivity contribution is -0.114. The number of amides is 1. The second-order valence-electron chi connectivity index (χ2n) is 4.01. The van der Waals surface area contributed by atoms with Gasteiger partial charge in [-0.05, 0) is 17.2 Å². The highest BCUT2D eigenvalue weighted by molar-refractivity contribution is 5.92. The SMILES string of the molecule is CC(=O)Nc1ccccc1/C=C\c1ccccc1. The third-order valence-corrected chi connectivity index (χ3v) is 2.53. The van der Waals surface area contributed by atoms with Crippen LogP contribution >= 0.6 is 0 Å². The summed E-state index contributed by atoms with van der Waals surface area (Å²) in [5.74, 6) is -0.0597. The number of benzene rings is 2. The molecule has 0 saturated carbocycles. The number of rotatable bonds is 3. The first-order valence-electron chi connectivity index (χ1n) is 5.85. The number of hydrogen-bond acceptors (Lipinski definition) is 1. The predicted octanol–water partition coefficient (Wildman–Crippen LogP) is 3.82. The molecule has 0 aliphatic carbocycles. The van der Waals surface area contributed by atoms with Crippen molar-refractivity contribution in [3.05, 3.63) is 65.7 Å². The van der Waals surface area contributed by atoms with Crippen LogP contribution < -0.4 is 5.32 Å². The minimum Gasteiger partial charge on any atom is -0.326 e. The second-order valence-corrected chi connectivity index (χ2v) is 4.01. The van der Waals surface area contributed by atoms with E-state index in [1.165, 1.54) is 6.92 Å². The van der Waals surface area contributed by atoms with E-state index in [0.29, 0.717) is 0 Å². The zero-order valence-corrected chi connectivity index (χ0v) is 10.3. The van der Waals surface area contributed by atoms with E-state index < -0.39 is 0 Å². The van der Waals surface area contributed by atoms with Gasteiger partial charge in [0, 0.05) is 12.6 Å². The Labute approximate surface area is 107 Å². The largest absolute Gasteiger partial charge is 0.326 e. The minimum atomic E-state index is -0.0597. The zero-order chi connectivity index (χ0) is 12.8. The molecule has 18 heavy (non-hydrogen) atoms. The van der Waals surface area contributed by atoms with Crippen molar-refractivity contribution >= 4 is 23.7 Å². The molecular formula is C16H15NO. The van der Waals surface area contributed by atoms with Gasteiger partial charge in [-0.15, -0.1) is 0 Å². The Morgan fingerprint density at radius 3 is 2.33 bits per heavy atom. The molecule has 0 atom stereocenters. The molecule has 0 heterocycles. The second kappa shape index (κ2) is 5.82. The fraction of sp³-hybridized carbons (Fsp3) is 0.0625. The van der Waals surface area contributed by atoms with Crippen molar-refractivity contribution < 1.29 is 4.79 Å². The van der Waals surface area contributed by atoms with Crippen molar-refractivity contribution in [1.82, 2.24) is 0 Å². The Balaban J connectivity index is 2.23. The van der Waals surface area contributed by atoms with Crippen molar-refractivity contribution in [3.8, 4) is 0 Å². The van der Waals surface area contributed by atoms with Gasteiger partial charge in [0.25, 0.3) is 0 Å². The summed E-state index contributed by atoms with van der Waals surface area (Å²) in [7, 11) is 0. The van der Waals surface area contributed by atoms with Crippen LogP contribution in [0.5, 0.6) is 0 Å². The maximum absolute atomic E-state index is 11.1. The van der Waals surface area contributed by atoms with Crippen molar-refractivity contribution in [2.75, 3.05) is 5.32 Å². The van der Waals surface area contributed by atoms with E-state index in [4.69, 9.17) is 0 Å². The van der Waals surface area contributed by atoms with Crippen LogP contribution in [0.15, 0.2) is 54.6 Å². The fourth-order valence-electron chi connectivity index (χ4n) is 1.70. The summed E-state index contributed by atoms with van der Waals surface area (Å²) < 4.78 is 0. The van der Waals surface area contributed by atoms with Gasteiger partial charge in [0.15, 0.2) is 0 Å². The molecule has 0 radical (unpaired) electrons. The number of carbonyl (C=O) groups is 1. The Morgan fingerprint density at radius 1 is 0.944 bits per heavy atom. The molecule has 90 valence electrons. The van der Waals surface area contributed by atoms with Gasteiger partial charge in [-0.3, -0.25) is 4.79 Å². The summed E-state index contributed by atoms with van der Waals surface area (Å²) in [6.07, 6.45) is 4.03. The van der Waals surface area contributed by atoms with Crippen LogP contribution in [0.1, 0.15) is 18.1 Å². The molecule has 2 nitrogen and oxygen atoms in total. The van der Waals surface area contributed by atoms with Crippen LogP contribution in [0.3, 0.4) is 0 Å². The molecule has 2 aromatic carbocycles. The van der Waals surface area contributed by atoms with Gasteiger partial charge in [0.05, 0.1) is 0 Å². The third-order valence-electron chi connectivity index (χ3n) is 2.53. The normalized spacial score (nSPS) is 10.5.